The van der Waals surface area contributed by atoms with Crippen molar-refractivity contribution in [3.8, 4) is 5.75 Å². The summed E-state index contributed by atoms with van der Waals surface area (Å²) in [6.07, 6.45) is 0.900. The average Bonchev–Trinajstić information content (AvgIpc) is 3.00. The molecule has 0 radical (unpaired) electrons. The molecule has 0 amide bonds. The molecule has 1 aliphatic rings. The quantitative estimate of drug-likeness (QED) is 0.826. The maximum Gasteiger partial charge on any atom is 0.241 e. The Morgan fingerprint density at radius 1 is 1.11 bits per heavy atom. The van der Waals surface area contributed by atoms with E-state index in [1.807, 2.05) is 64.0 Å². The summed E-state index contributed by atoms with van der Waals surface area (Å²) < 4.78 is 34.4. The molecule has 5 nitrogen and oxygen atoms in total. The molecule has 27 heavy (non-hydrogen) atoms. The van der Waals surface area contributed by atoms with Crippen molar-refractivity contribution >= 4 is 10.0 Å². The fourth-order valence-electron chi connectivity index (χ4n) is 3.86. The second-order valence-electron chi connectivity index (χ2n) is 7.52. The summed E-state index contributed by atoms with van der Waals surface area (Å²) >= 11 is 0. The third kappa shape index (κ3) is 4.18. The molecule has 146 valence electrons. The summed E-state index contributed by atoms with van der Waals surface area (Å²) in [5, 5.41) is 0. The zero-order chi connectivity index (χ0) is 19.8. The third-order valence-corrected chi connectivity index (χ3v) is 6.79. The lowest BCUT2D eigenvalue weighted by Crippen LogP contribution is -2.35. The van der Waals surface area contributed by atoms with Crippen molar-refractivity contribution in [1.29, 1.82) is 0 Å². The average molecular weight is 389 g/mol. The summed E-state index contributed by atoms with van der Waals surface area (Å²) in [5.41, 5.74) is 4.89. The second kappa shape index (κ2) is 7.62. The van der Waals surface area contributed by atoms with Crippen LogP contribution in [-0.2, 0) is 16.4 Å². The molecule has 1 atom stereocenters. The highest BCUT2D eigenvalue weighted by atomic mass is 32.2. The number of nitrogens with zero attached hydrogens (tertiary/aromatic N) is 1. The molecule has 1 unspecified atom stereocenters. The van der Waals surface area contributed by atoms with Crippen LogP contribution in [-0.4, -0.2) is 40.6 Å². The minimum Gasteiger partial charge on any atom is -0.493 e. The van der Waals surface area contributed by atoms with Crippen molar-refractivity contribution in [2.45, 2.75) is 38.1 Å². The maximum absolute atomic E-state index is 13.0. The van der Waals surface area contributed by atoms with Crippen molar-refractivity contribution in [1.82, 2.24) is 9.62 Å². The molecule has 0 saturated heterocycles. The molecule has 1 N–H and O–H groups in total. The monoisotopic (exact) mass is 388 g/mol. The minimum atomic E-state index is -3.59. The van der Waals surface area contributed by atoms with Crippen LogP contribution in [0, 0.1) is 20.8 Å². The van der Waals surface area contributed by atoms with Crippen molar-refractivity contribution in [3.05, 3.63) is 58.1 Å². The third-order valence-electron chi connectivity index (χ3n) is 5.06. The maximum atomic E-state index is 13.0. The van der Waals surface area contributed by atoms with Crippen LogP contribution in [0.15, 0.2) is 35.2 Å². The Balaban J connectivity index is 1.84. The number of likely N-dealkylation sites (N-methyl/N-ethyl adjacent to an activating group) is 1. The fourth-order valence-corrected chi connectivity index (χ4v) is 5.35. The molecule has 0 spiro atoms. The van der Waals surface area contributed by atoms with Crippen LogP contribution in [0.3, 0.4) is 0 Å². The van der Waals surface area contributed by atoms with Crippen LogP contribution in [0.2, 0.25) is 0 Å². The van der Waals surface area contributed by atoms with E-state index in [-0.39, 0.29) is 6.04 Å². The van der Waals surface area contributed by atoms with Gasteiger partial charge in [0.15, 0.2) is 0 Å². The number of rotatable bonds is 6. The van der Waals surface area contributed by atoms with E-state index in [9.17, 15) is 8.42 Å². The lowest BCUT2D eigenvalue weighted by atomic mass is 10.0. The van der Waals surface area contributed by atoms with Gasteiger partial charge in [-0.2, -0.15) is 0 Å². The number of benzene rings is 2. The number of nitrogens with one attached hydrogen (secondary N) is 1. The molecular weight excluding hydrogens is 360 g/mol. The predicted octanol–water partition coefficient (Wildman–Crippen LogP) is 3.13. The highest BCUT2D eigenvalue weighted by Gasteiger charge is 2.24. The van der Waals surface area contributed by atoms with E-state index in [1.54, 1.807) is 0 Å². The van der Waals surface area contributed by atoms with E-state index >= 15 is 0 Å². The van der Waals surface area contributed by atoms with E-state index in [4.69, 9.17) is 4.74 Å². The molecule has 1 heterocycles. The first-order valence-corrected chi connectivity index (χ1v) is 10.7. The lowest BCUT2D eigenvalue weighted by molar-refractivity contribution is 0.299. The largest absolute Gasteiger partial charge is 0.493 e. The molecule has 6 heteroatoms. The Kier molecular flexibility index (Phi) is 5.60. The normalized spacial score (nSPS) is 14.9. The number of sulfonamides is 1. The van der Waals surface area contributed by atoms with Crippen molar-refractivity contribution < 1.29 is 13.2 Å². The van der Waals surface area contributed by atoms with Gasteiger partial charge < -0.3 is 9.64 Å². The Morgan fingerprint density at radius 2 is 1.78 bits per heavy atom. The van der Waals surface area contributed by atoms with Gasteiger partial charge in [-0.3, -0.25) is 0 Å². The first-order valence-electron chi connectivity index (χ1n) is 9.18. The molecule has 0 aliphatic carbocycles. The van der Waals surface area contributed by atoms with Gasteiger partial charge >= 0.3 is 0 Å². The van der Waals surface area contributed by atoms with E-state index in [2.05, 4.69) is 10.8 Å². The van der Waals surface area contributed by atoms with Gasteiger partial charge in [-0.25, -0.2) is 13.1 Å². The van der Waals surface area contributed by atoms with Crippen molar-refractivity contribution in [3.63, 3.8) is 0 Å². The number of aryl methyl sites for hydroxylation is 3. The van der Waals surface area contributed by atoms with Crippen LogP contribution in [0.25, 0.3) is 0 Å². The molecule has 1 aliphatic heterocycles. The standard InChI is InChI=1S/C21H28N2O3S/c1-14-10-15(2)21(16(3)11-14)27(24,25)22-13-19(23(4)5)17-6-7-20-18(12-17)8-9-26-20/h6-7,10-12,19,22H,8-9,13H2,1-5H3. The zero-order valence-corrected chi connectivity index (χ0v) is 17.5. The SMILES string of the molecule is Cc1cc(C)c(S(=O)(=O)NCC(c2ccc3c(c2)CCO3)N(C)C)c(C)c1. The predicted molar refractivity (Wildman–Crippen MR) is 108 cm³/mol. The van der Waals surface area contributed by atoms with Crippen LogP contribution >= 0.6 is 0 Å². The first kappa shape index (κ1) is 19.9. The van der Waals surface area contributed by atoms with Gasteiger partial charge in [0.1, 0.15) is 5.75 Å². The van der Waals surface area contributed by atoms with Crippen LogP contribution in [0.4, 0.5) is 0 Å². The topological polar surface area (TPSA) is 58.6 Å². The van der Waals surface area contributed by atoms with Crippen LogP contribution in [0.1, 0.15) is 33.9 Å². The Bertz CT molecular complexity index is 929. The van der Waals surface area contributed by atoms with Crippen molar-refractivity contribution in [2.75, 3.05) is 27.2 Å². The Hall–Kier alpha value is -1.89. The van der Waals surface area contributed by atoms with Gasteiger partial charge in [-0.05, 0) is 63.2 Å². The highest BCUT2D eigenvalue weighted by Crippen LogP contribution is 2.30. The summed E-state index contributed by atoms with van der Waals surface area (Å²) in [7, 11) is 0.339. The van der Waals surface area contributed by atoms with Gasteiger partial charge in [0.2, 0.25) is 10.0 Å². The molecule has 0 fully saturated rings. The van der Waals surface area contributed by atoms with E-state index in [0.717, 1.165) is 34.4 Å². The minimum absolute atomic E-state index is 0.0586. The fraction of sp³-hybridized carbons (Fsp3) is 0.429. The van der Waals surface area contributed by atoms with Crippen molar-refractivity contribution in [2.24, 2.45) is 0 Å². The molecular formula is C21H28N2O3S. The molecule has 0 aromatic heterocycles. The lowest BCUT2D eigenvalue weighted by Gasteiger charge is -2.26. The molecule has 2 aromatic carbocycles. The summed E-state index contributed by atoms with van der Waals surface area (Å²) in [6, 6.07) is 9.89. The van der Waals surface area contributed by atoms with Crippen LogP contribution < -0.4 is 9.46 Å². The Morgan fingerprint density at radius 3 is 2.41 bits per heavy atom. The first-order chi connectivity index (χ1) is 12.7. The molecule has 3 rings (SSSR count). The number of ether oxygens (including phenoxy) is 1. The zero-order valence-electron chi connectivity index (χ0n) is 16.7. The number of hydrogen-bond donors (Lipinski definition) is 1. The van der Waals surface area contributed by atoms with Gasteiger partial charge in [0, 0.05) is 19.0 Å². The van der Waals surface area contributed by atoms with Gasteiger partial charge in [-0.1, -0.05) is 29.8 Å². The van der Waals surface area contributed by atoms with Gasteiger partial charge in [-0.15, -0.1) is 0 Å². The van der Waals surface area contributed by atoms with Gasteiger partial charge in [0.05, 0.1) is 11.5 Å². The number of fused-ring (bicyclic) bond motifs is 1. The highest BCUT2D eigenvalue weighted by molar-refractivity contribution is 7.89. The molecule has 2 aromatic rings. The summed E-state index contributed by atoms with van der Waals surface area (Å²) in [5.74, 6) is 0.933. The van der Waals surface area contributed by atoms with Crippen LogP contribution in [0.5, 0.6) is 5.75 Å². The van der Waals surface area contributed by atoms with Gasteiger partial charge in [0.25, 0.3) is 0 Å². The van der Waals surface area contributed by atoms with E-state index in [0.29, 0.717) is 18.0 Å². The van der Waals surface area contributed by atoms with E-state index in [1.165, 1.54) is 5.56 Å². The molecule has 0 bridgehead atoms. The van der Waals surface area contributed by atoms with E-state index < -0.39 is 10.0 Å². The Labute approximate surface area is 162 Å². The summed E-state index contributed by atoms with van der Waals surface area (Å²) in [4.78, 5) is 2.42. The number of hydrogen-bond acceptors (Lipinski definition) is 4. The second-order valence-corrected chi connectivity index (χ2v) is 9.23. The molecule has 0 saturated carbocycles. The summed E-state index contributed by atoms with van der Waals surface area (Å²) in [6.45, 7) is 6.69. The smallest absolute Gasteiger partial charge is 0.241 e.